The molecule has 1 heteroatoms. The van der Waals surface area contributed by atoms with E-state index in [1.807, 2.05) is 0 Å². The third-order valence-corrected chi connectivity index (χ3v) is 5.76. The molecule has 0 bridgehead atoms. The summed E-state index contributed by atoms with van der Waals surface area (Å²) in [5.74, 6) is 2.77. The summed E-state index contributed by atoms with van der Waals surface area (Å²) in [6, 6.07) is 10.8. The molecule has 4 atom stereocenters. The van der Waals surface area contributed by atoms with E-state index in [1.54, 1.807) is 0 Å². The van der Waals surface area contributed by atoms with Gasteiger partial charge in [-0.15, -0.1) is 0 Å². The average molecular weight is 270 g/mol. The number of hydrogen-bond donors (Lipinski definition) is 0. The molecule has 0 radical (unpaired) electrons. The fourth-order valence-corrected chi connectivity index (χ4v) is 4.33. The molecular weight excluding hydrogens is 244 g/mol. The van der Waals surface area contributed by atoms with Crippen molar-refractivity contribution in [3.8, 4) is 0 Å². The van der Waals surface area contributed by atoms with Gasteiger partial charge in [0.1, 0.15) is 5.78 Å². The zero-order valence-electron chi connectivity index (χ0n) is 12.9. The standard InChI is InChI=1S/C19H26O/c1-13-9-10-16(18(20)11-13)19(2,3)17-12-15(17)14-7-5-4-6-8-14/h4-8,13,15-17H,9-12H2,1-3H3. The van der Waals surface area contributed by atoms with Crippen molar-refractivity contribution in [1.82, 2.24) is 0 Å². The van der Waals surface area contributed by atoms with E-state index < -0.39 is 0 Å². The molecule has 4 unspecified atom stereocenters. The summed E-state index contributed by atoms with van der Waals surface area (Å²) >= 11 is 0. The normalized spacial score (nSPS) is 34.0. The van der Waals surface area contributed by atoms with Crippen molar-refractivity contribution < 1.29 is 4.79 Å². The molecule has 0 amide bonds. The molecule has 2 saturated carbocycles. The molecule has 1 aromatic rings. The fourth-order valence-electron chi connectivity index (χ4n) is 4.33. The lowest BCUT2D eigenvalue weighted by atomic mass is 9.65. The fraction of sp³-hybridized carbons (Fsp3) is 0.632. The van der Waals surface area contributed by atoms with Crippen LogP contribution in [0.4, 0.5) is 0 Å². The molecule has 20 heavy (non-hydrogen) atoms. The van der Waals surface area contributed by atoms with Crippen LogP contribution < -0.4 is 0 Å². The number of carbonyl (C=O) groups is 1. The van der Waals surface area contributed by atoms with Crippen molar-refractivity contribution in [3.63, 3.8) is 0 Å². The van der Waals surface area contributed by atoms with Gasteiger partial charge >= 0.3 is 0 Å². The highest BCUT2D eigenvalue weighted by atomic mass is 16.1. The van der Waals surface area contributed by atoms with Crippen molar-refractivity contribution in [3.05, 3.63) is 35.9 Å². The minimum atomic E-state index is 0.164. The van der Waals surface area contributed by atoms with Crippen molar-refractivity contribution in [1.29, 1.82) is 0 Å². The number of rotatable bonds is 3. The summed E-state index contributed by atoms with van der Waals surface area (Å²) in [6.45, 7) is 6.88. The number of hydrogen-bond acceptors (Lipinski definition) is 1. The van der Waals surface area contributed by atoms with Gasteiger partial charge in [-0.2, -0.15) is 0 Å². The second-order valence-corrected chi connectivity index (χ2v) is 7.59. The van der Waals surface area contributed by atoms with Crippen LogP contribution in [0.25, 0.3) is 0 Å². The van der Waals surface area contributed by atoms with Crippen molar-refractivity contribution in [2.24, 2.45) is 23.2 Å². The van der Waals surface area contributed by atoms with E-state index in [1.165, 1.54) is 18.4 Å². The molecule has 0 aliphatic heterocycles. The summed E-state index contributed by atoms with van der Waals surface area (Å²) in [4.78, 5) is 12.4. The molecule has 2 aliphatic rings. The Hall–Kier alpha value is -1.11. The predicted molar refractivity (Wildman–Crippen MR) is 82.6 cm³/mol. The molecule has 3 rings (SSSR count). The molecule has 2 aliphatic carbocycles. The third kappa shape index (κ3) is 2.43. The van der Waals surface area contributed by atoms with Crippen LogP contribution in [0.2, 0.25) is 0 Å². The van der Waals surface area contributed by atoms with Crippen LogP contribution in [0.3, 0.4) is 0 Å². The van der Waals surface area contributed by atoms with Gasteiger partial charge in [0.15, 0.2) is 0 Å². The van der Waals surface area contributed by atoms with E-state index in [9.17, 15) is 4.79 Å². The Morgan fingerprint density at radius 3 is 2.45 bits per heavy atom. The van der Waals surface area contributed by atoms with Gasteiger partial charge < -0.3 is 0 Å². The maximum absolute atomic E-state index is 12.4. The maximum Gasteiger partial charge on any atom is 0.136 e. The van der Waals surface area contributed by atoms with Crippen LogP contribution in [0.15, 0.2) is 30.3 Å². The summed E-state index contributed by atoms with van der Waals surface area (Å²) in [5, 5.41) is 0. The summed E-state index contributed by atoms with van der Waals surface area (Å²) in [7, 11) is 0. The summed E-state index contributed by atoms with van der Waals surface area (Å²) in [6.07, 6.45) is 4.39. The molecule has 0 N–H and O–H groups in total. The summed E-state index contributed by atoms with van der Waals surface area (Å²) in [5.41, 5.74) is 1.62. The molecule has 0 aromatic heterocycles. The first-order valence-corrected chi connectivity index (χ1v) is 8.07. The Morgan fingerprint density at radius 1 is 1.10 bits per heavy atom. The maximum atomic E-state index is 12.4. The highest BCUT2D eigenvalue weighted by Crippen LogP contribution is 2.60. The number of carbonyl (C=O) groups excluding carboxylic acids is 1. The number of Topliss-reactive ketones (excluding diaryl/α,β-unsaturated/α-hetero) is 1. The van der Waals surface area contributed by atoms with Crippen LogP contribution >= 0.6 is 0 Å². The topological polar surface area (TPSA) is 17.1 Å². The molecular formula is C19H26O. The van der Waals surface area contributed by atoms with Crippen LogP contribution in [-0.2, 0) is 4.79 Å². The van der Waals surface area contributed by atoms with Gasteiger partial charge in [-0.05, 0) is 48.0 Å². The quantitative estimate of drug-likeness (QED) is 0.769. The van der Waals surface area contributed by atoms with Gasteiger partial charge in [0, 0.05) is 12.3 Å². The Kier molecular flexibility index (Phi) is 3.48. The average Bonchev–Trinajstić information content (AvgIpc) is 3.20. The van der Waals surface area contributed by atoms with E-state index in [0.717, 1.165) is 12.8 Å². The highest BCUT2D eigenvalue weighted by molar-refractivity contribution is 5.82. The number of benzene rings is 1. The zero-order valence-corrected chi connectivity index (χ0v) is 12.9. The van der Waals surface area contributed by atoms with Crippen LogP contribution in [0.5, 0.6) is 0 Å². The molecule has 1 nitrogen and oxygen atoms in total. The summed E-state index contributed by atoms with van der Waals surface area (Å²) < 4.78 is 0. The SMILES string of the molecule is CC1CCC(C(C)(C)C2CC2c2ccccc2)C(=O)C1. The van der Waals surface area contributed by atoms with Crippen LogP contribution in [0.1, 0.15) is 57.9 Å². The first-order chi connectivity index (χ1) is 9.50. The van der Waals surface area contributed by atoms with Gasteiger partial charge in [-0.3, -0.25) is 4.79 Å². The lowest BCUT2D eigenvalue weighted by Gasteiger charge is -2.38. The predicted octanol–water partition coefficient (Wildman–Crippen LogP) is 4.82. The Morgan fingerprint density at radius 2 is 1.80 bits per heavy atom. The smallest absolute Gasteiger partial charge is 0.136 e. The monoisotopic (exact) mass is 270 g/mol. The molecule has 0 saturated heterocycles. The van der Waals surface area contributed by atoms with Gasteiger partial charge in [0.2, 0.25) is 0 Å². The van der Waals surface area contributed by atoms with E-state index >= 15 is 0 Å². The van der Waals surface area contributed by atoms with Crippen molar-refractivity contribution in [2.45, 2.75) is 52.4 Å². The van der Waals surface area contributed by atoms with Crippen LogP contribution in [-0.4, -0.2) is 5.78 Å². The Bertz CT molecular complexity index is 488. The molecule has 0 heterocycles. The Balaban J connectivity index is 1.72. The second kappa shape index (κ2) is 5.02. The lowest BCUT2D eigenvalue weighted by molar-refractivity contribution is -0.130. The van der Waals surface area contributed by atoms with Crippen LogP contribution in [0, 0.1) is 23.2 Å². The highest BCUT2D eigenvalue weighted by Gasteiger charge is 2.53. The van der Waals surface area contributed by atoms with E-state index in [0.29, 0.717) is 23.5 Å². The van der Waals surface area contributed by atoms with Crippen molar-refractivity contribution >= 4 is 5.78 Å². The van der Waals surface area contributed by atoms with E-state index in [-0.39, 0.29) is 11.3 Å². The largest absolute Gasteiger partial charge is 0.299 e. The first-order valence-electron chi connectivity index (χ1n) is 8.07. The van der Waals surface area contributed by atoms with Gasteiger partial charge in [0.05, 0.1) is 0 Å². The molecule has 2 fully saturated rings. The minimum Gasteiger partial charge on any atom is -0.299 e. The Labute approximate surface area is 122 Å². The third-order valence-electron chi connectivity index (χ3n) is 5.76. The van der Waals surface area contributed by atoms with Crippen molar-refractivity contribution in [2.75, 3.05) is 0 Å². The first kappa shape index (κ1) is 13.9. The van der Waals surface area contributed by atoms with E-state index in [2.05, 4.69) is 51.1 Å². The minimum absolute atomic E-state index is 0.164. The molecule has 1 aromatic carbocycles. The van der Waals surface area contributed by atoms with Gasteiger partial charge in [0.25, 0.3) is 0 Å². The zero-order chi connectivity index (χ0) is 14.3. The van der Waals surface area contributed by atoms with E-state index in [4.69, 9.17) is 0 Å². The van der Waals surface area contributed by atoms with Gasteiger partial charge in [-0.1, -0.05) is 51.1 Å². The second-order valence-electron chi connectivity index (χ2n) is 7.59. The lowest BCUT2D eigenvalue weighted by Crippen LogP contribution is -2.37. The molecule has 108 valence electrons. The van der Waals surface area contributed by atoms with Gasteiger partial charge in [-0.25, -0.2) is 0 Å². The number of ketones is 1. The molecule has 0 spiro atoms.